The molecular formula is C11H8BrClN2O2S3. The number of nitrogens with one attached hydrogen (secondary N) is 1. The van der Waals surface area contributed by atoms with Crippen LogP contribution in [0.4, 0.5) is 5.69 Å². The molecule has 1 aromatic carbocycles. The zero-order valence-corrected chi connectivity index (χ0v) is 14.6. The maximum absolute atomic E-state index is 12.2. The molecule has 0 radical (unpaired) electrons. The monoisotopic (exact) mass is 410 g/mol. The van der Waals surface area contributed by atoms with Crippen molar-refractivity contribution in [2.45, 2.75) is 4.21 Å². The lowest BCUT2D eigenvalue weighted by Gasteiger charge is -2.09. The van der Waals surface area contributed by atoms with Crippen LogP contribution in [0.25, 0.3) is 0 Å². The van der Waals surface area contributed by atoms with E-state index >= 15 is 0 Å². The second kappa shape index (κ2) is 5.98. The summed E-state index contributed by atoms with van der Waals surface area (Å²) in [6, 6.07) is 6.31. The summed E-state index contributed by atoms with van der Waals surface area (Å²) < 4.78 is 27.6. The van der Waals surface area contributed by atoms with Crippen molar-refractivity contribution < 1.29 is 8.42 Å². The van der Waals surface area contributed by atoms with Crippen LogP contribution in [0.5, 0.6) is 0 Å². The van der Waals surface area contributed by atoms with Gasteiger partial charge in [-0.3, -0.25) is 4.72 Å². The molecule has 0 saturated heterocycles. The van der Waals surface area contributed by atoms with Gasteiger partial charge in [-0.15, -0.1) is 11.3 Å². The number of anilines is 1. The first-order valence-electron chi connectivity index (χ1n) is 5.16. The van der Waals surface area contributed by atoms with Crippen LogP contribution in [0.2, 0.25) is 5.02 Å². The maximum Gasteiger partial charge on any atom is 0.272 e. The van der Waals surface area contributed by atoms with E-state index in [2.05, 4.69) is 20.7 Å². The summed E-state index contributed by atoms with van der Waals surface area (Å²) in [6.45, 7) is 0. The number of hydrogen-bond acceptors (Lipinski definition) is 4. The quantitative estimate of drug-likeness (QED) is 0.754. The second-order valence-electron chi connectivity index (χ2n) is 3.72. The van der Waals surface area contributed by atoms with Crippen molar-refractivity contribution in [1.82, 2.24) is 0 Å². The minimum atomic E-state index is -3.68. The second-order valence-corrected chi connectivity index (χ2v) is 8.22. The molecule has 0 aliphatic rings. The molecule has 2 rings (SSSR count). The largest absolute Gasteiger partial charge is 0.389 e. The van der Waals surface area contributed by atoms with Crippen LogP contribution in [0, 0.1) is 0 Å². The highest BCUT2D eigenvalue weighted by Gasteiger charge is 2.20. The highest BCUT2D eigenvalue weighted by atomic mass is 79.9. The van der Waals surface area contributed by atoms with Crippen molar-refractivity contribution in [2.75, 3.05) is 4.72 Å². The van der Waals surface area contributed by atoms with Crippen molar-refractivity contribution in [3.05, 3.63) is 44.7 Å². The molecule has 0 aliphatic carbocycles. The fourth-order valence-electron chi connectivity index (χ4n) is 1.41. The first-order valence-corrected chi connectivity index (χ1v) is 9.10. The number of thiophene rings is 1. The van der Waals surface area contributed by atoms with E-state index in [1.807, 2.05) is 0 Å². The predicted molar refractivity (Wildman–Crippen MR) is 90.2 cm³/mol. The Bertz CT molecular complexity index is 774. The number of benzene rings is 1. The van der Waals surface area contributed by atoms with Crippen LogP contribution in [-0.2, 0) is 10.0 Å². The summed E-state index contributed by atoms with van der Waals surface area (Å²) >= 11 is 15.2. The zero-order chi connectivity index (χ0) is 14.9. The van der Waals surface area contributed by atoms with Gasteiger partial charge in [-0.25, -0.2) is 8.42 Å². The van der Waals surface area contributed by atoms with Gasteiger partial charge in [-0.05, 0) is 45.6 Å². The van der Waals surface area contributed by atoms with Gasteiger partial charge < -0.3 is 5.73 Å². The Morgan fingerprint density at radius 3 is 2.60 bits per heavy atom. The van der Waals surface area contributed by atoms with Gasteiger partial charge in [-0.2, -0.15) is 0 Å². The topological polar surface area (TPSA) is 72.2 Å². The number of thiocarbonyl (C=S) groups is 1. The summed E-state index contributed by atoms with van der Waals surface area (Å²) in [4.78, 5) is 0.197. The van der Waals surface area contributed by atoms with E-state index < -0.39 is 10.0 Å². The Kier molecular flexibility index (Phi) is 4.70. The molecule has 0 amide bonds. The molecule has 3 N–H and O–H groups in total. The number of hydrogen-bond donors (Lipinski definition) is 2. The zero-order valence-electron chi connectivity index (χ0n) is 9.76. The molecule has 9 heteroatoms. The summed E-state index contributed by atoms with van der Waals surface area (Å²) in [6.07, 6.45) is 0. The average molecular weight is 412 g/mol. The molecule has 20 heavy (non-hydrogen) atoms. The van der Waals surface area contributed by atoms with Gasteiger partial charge in [0.1, 0.15) is 4.99 Å². The van der Waals surface area contributed by atoms with Crippen molar-refractivity contribution in [2.24, 2.45) is 5.73 Å². The third-order valence-electron chi connectivity index (χ3n) is 2.33. The van der Waals surface area contributed by atoms with Crippen molar-refractivity contribution in [3.63, 3.8) is 0 Å². The Morgan fingerprint density at radius 2 is 2.10 bits per heavy atom. The van der Waals surface area contributed by atoms with Crippen molar-refractivity contribution in [1.29, 1.82) is 0 Å². The minimum Gasteiger partial charge on any atom is -0.389 e. The average Bonchev–Trinajstić information content (AvgIpc) is 2.78. The first-order chi connectivity index (χ1) is 9.31. The molecule has 0 fully saturated rings. The number of nitrogens with two attached hydrogens (primary N) is 1. The predicted octanol–water partition coefficient (Wildman–Crippen LogP) is 3.60. The van der Waals surface area contributed by atoms with E-state index in [1.165, 1.54) is 12.1 Å². The fourth-order valence-corrected chi connectivity index (χ4v) is 5.24. The molecule has 0 atom stereocenters. The molecule has 1 heterocycles. The smallest absolute Gasteiger partial charge is 0.272 e. The third-order valence-corrected chi connectivity index (χ3v) is 6.91. The van der Waals surface area contributed by atoms with Gasteiger partial charge in [0.15, 0.2) is 4.21 Å². The van der Waals surface area contributed by atoms with Crippen LogP contribution in [-0.4, -0.2) is 13.4 Å². The molecule has 0 aliphatic heterocycles. The lowest BCUT2D eigenvalue weighted by molar-refractivity contribution is 0.603. The van der Waals surface area contributed by atoms with Gasteiger partial charge in [-0.1, -0.05) is 23.8 Å². The Morgan fingerprint density at radius 1 is 1.40 bits per heavy atom. The Hall–Kier alpha value is -0.670. The molecule has 106 valence electrons. The van der Waals surface area contributed by atoms with Crippen LogP contribution < -0.4 is 10.5 Å². The van der Waals surface area contributed by atoms with E-state index in [1.54, 1.807) is 17.5 Å². The van der Waals surface area contributed by atoms with Gasteiger partial charge in [0.05, 0.1) is 10.7 Å². The van der Waals surface area contributed by atoms with Crippen molar-refractivity contribution in [3.8, 4) is 0 Å². The molecular weight excluding hydrogens is 404 g/mol. The summed E-state index contributed by atoms with van der Waals surface area (Å²) in [5, 5.41) is 1.91. The van der Waals surface area contributed by atoms with E-state index in [0.717, 1.165) is 11.3 Å². The third kappa shape index (κ3) is 3.32. The fraction of sp³-hybridized carbons (Fsp3) is 0. The SMILES string of the molecule is NC(=S)c1ccc(NS(=O)(=O)c2sccc2Br)c(Cl)c1. The molecule has 1 aromatic heterocycles. The number of rotatable bonds is 4. The summed E-state index contributed by atoms with van der Waals surface area (Å²) in [5.74, 6) is 0. The lowest BCUT2D eigenvalue weighted by Crippen LogP contribution is -2.13. The highest BCUT2D eigenvalue weighted by Crippen LogP contribution is 2.31. The molecule has 0 bridgehead atoms. The van der Waals surface area contributed by atoms with E-state index in [9.17, 15) is 8.42 Å². The van der Waals surface area contributed by atoms with Gasteiger partial charge >= 0.3 is 0 Å². The standard InChI is InChI=1S/C11H8BrClN2O2S3/c12-7-3-4-19-11(7)20(16,17)15-9-2-1-6(10(14)18)5-8(9)13/h1-5,15H,(H2,14,18). The Balaban J connectivity index is 2.36. The number of halogens is 2. The van der Waals surface area contributed by atoms with Gasteiger partial charge in [0.25, 0.3) is 10.0 Å². The van der Waals surface area contributed by atoms with E-state index in [0.29, 0.717) is 10.0 Å². The van der Waals surface area contributed by atoms with Gasteiger partial charge in [0, 0.05) is 10.0 Å². The highest BCUT2D eigenvalue weighted by molar-refractivity contribution is 9.10. The maximum atomic E-state index is 12.2. The molecule has 0 saturated carbocycles. The Labute approximate surface area is 139 Å². The normalized spacial score (nSPS) is 11.3. The minimum absolute atomic E-state index is 0.187. The molecule has 2 aromatic rings. The van der Waals surface area contributed by atoms with E-state index in [4.69, 9.17) is 29.6 Å². The first kappa shape index (κ1) is 15.7. The van der Waals surface area contributed by atoms with Crippen LogP contribution in [0.3, 0.4) is 0 Å². The summed E-state index contributed by atoms with van der Waals surface area (Å²) in [7, 11) is -3.68. The van der Waals surface area contributed by atoms with Crippen molar-refractivity contribution >= 4 is 71.8 Å². The molecule has 0 spiro atoms. The van der Waals surface area contributed by atoms with Crippen LogP contribution in [0.1, 0.15) is 5.56 Å². The lowest BCUT2D eigenvalue weighted by atomic mass is 10.2. The molecule has 0 unspecified atom stereocenters. The summed E-state index contributed by atoms with van der Waals surface area (Å²) in [5.41, 5.74) is 6.33. The number of sulfonamides is 1. The van der Waals surface area contributed by atoms with E-state index in [-0.39, 0.29) is 19.9 Å². The van der Waals surface area contributed by atoms with Crippen LogP contribution >= 0.6 is 51.1 Å². The molecule has 4 nitrogen and oxygen atoms in total. The van der Waals surface area contributed by atoms with Crippen LogP contribution in [0.15, 0.2) is 38.3 Å². The van der Waals surface area contributed by atoms with Gasteiger partial charge in [0.2, 0.25) is 0 Å².